The zero-order chi connectivity index (χ0) is 15.5. The summed E-state index contributed by atoms with van der Waals surface area (Å²) in [4.78, 5) is 4.07. The summed E-state index contributed by atoms with van der Waals surface area (Å²) in [6.45, 7) is 0. The molecule has 1 aromatic heterocycles. The fraction of sp³-hybridized carbons (Fsp3) is 0.154. The molecule has 0 bridgehead atoms. The Hall–Kier alpha value is -1.80. The van der Waals surface area contributed by atoms with Crippen molar-refractivity contribution in [1.29, 1.82) is 0 Å². The van der Waals surface area contributed by atoms with Gasteiger partial charge in [0, 0.05) is 23.8 Å². The maximum atomic E-state index is 12.5. The zero-order valence-corrected chi connectivity index (χ0v) is 13.8. The van der Waals surface area contributed by atoms with Crippen LogP contribution in [0.4, 0.5) is 11.5 Å². The summed E-state index contributed by atoms with van der Waals surface area (Å²) in [5, 5.41) is 2.76. The Bertz CT molecular complexity index is 750. The lowest BCUT2D eigenvalue weighted by atomic mass is 10.3. The van der Waals surface area contributed by atoms with Gasteiger partial charge in [-0.15, -0.1) is 0 Å². The van der Waals surface area contributed by atoms with Crippen molar-refractivity contribution in [3.8, 4) is 5.75 Å². The van der Waals surface area contributed by atoms with Gasteiger partial charge in [-0.25, -0.2) is 13.4 Å². The van der Waals surface area contributed by atoms with E-state index in [4.69, 9.17) is 4.74 Å². The molecular formula is C13H14BrN3O3S. The Balaban J connectivity index is 2.42. The first-order valence-electron chi connectivity index (χ1n) is 5.97. The predicted molar refractivity (Wildman–Crippen MR) is 85.3 cm³/mol. The molecule has 0 saturated heterocycles. The molecule has 8 heteroatoms. The molecule has 0 atom stereocenters. The third-order valence-corrected chi connectivity index (χ3v) is 4.80. The van der Waals surface area contributed by atoms with Gasteiger partial charge in [0.2, 0.25) is 0 Å². The van der Waals surface area contributed by atoms with E-state index in [0.717, 1.165) is 0 Å². The highest BCUT2D eigenvalue weighted by molar-refractivity contribution is 9.10. The highest BCUT2D eigenvalue weighted by atomic mass is 79.9. The molecule has 0 unspecified atom stereocenters. The summed E-state index contributed by atoms with van der Waals surface area (Å²) in [6, 6.07) is 8.08. The number of nitrogens with zero attached hydrogens (tertiary/aromatic N) is 1. The molecule has 0 saturated carbocycles. The van der Waals surface area contributed by atoms with Crippen LogP contribution in [-0.4, -0.2) is 27.6 Å². The van der Waals surface area contributed by atoms with E-state index >= 15 is 0 Å². The molecule has 0 spiro atoms. The van der Waals surface area contributed by atoms with Crippen molar-refractivity contribution in [3.05, 3.63) is 41.0 Å². The van der Waals surface area contributed by atoms with Gasteiger partial charge in [0.05, 0.1) is 12.8 Å². The monoisotopic (exact) mass is 371 g/mol. The predicted octanol–water partition coefficient (Wildman–Crippen LogP) is 2.70. The first-order chi connectivity index (χ1) is 9.97. The average Bonchev–Trinajstić information content (AvgIpc) is 2.49. The minimum absolute atomic E-state index is 0.0715. The van der Waals surface area contributed by atoms with Gasteiger partial charge in [-0.1, -0.05) is 0 Å². The quantitative estimate of drug-likeness (QED) is 0.844. The van der Waals surface area contributed by atoms with Crippen molar-refractivity contribution in [2.45, 2.75) is 4.90 Å². The Kier molecular flexibility index (Phi) is 4.69. The van der Waals surface area contributed by atoms with Gasteiger partial charge in [-0.05, 0) is 40.2 Å². The van der Waals surface area contributed by atoms with E-state index in [1.807, 2.05) is 0 Å². The number of hydrogen-bond donors (Lipinski definition) is 2. The van der Waals surface area contributed by atoms with Gasteiger partial charge in [0.15, 0.2) is 0 Å². The lowest BCUT2D eigenvalue weighted by Crippen LogP contribution is -2.15. The second-order valence-electron chi connectivity index (χ2n) is 4.05. The van der Waals surface area contributed by atoms with Crippen LogP contribution in [0.2, 0.25) is 0 Å². The Morgan fingerprint density at radius 2 is 2.05 bits per heavy atom. The molecule has 1 heterocycles. The number of sulfonamides is 1. The third kappa shape index (κ3) is 3.45. The molecular weight excluding hydrogens is 358 g/mol. The number of pyridine rings is 1. The minimum atomic E-state index is -3.76. The minimum Gasteiger partial charge on any atom is -0.497 e. The number of methoxy groups -OCH3 is 1. The van der Waals surface area contributed by atoms with Gasteiger partial charge in [0.25, 0.3) is 10.0 Å². The first-order valence-corrected chi connectivity index (χ1v) is 8.24. The molecule has 0 amide bonds. The number of ether oxygens (including phenoxy) is 1. The lowest BCUT2D eigenvalue weighted by molar-refractivity contribution is 0.415. The number of halogens is 1. The van der Waals surface area contributed by atoms with Crippen molar-refractivity contribution in [2.75, 3.05) is 24.2 Å². The van der Waals surface area contributed by atoms with Gasteiger partial charge < -0.3 is 10.1 Å². The molecule has 112 valence electrons. The summed E-state index contributed by atoms with van der Waals surface area (Å²) in [6.07, 6.45) is 1.52. The molecule has 0 fully saturated rings. The Morgan fingerprint density at radius 3 is 2.71 bits per heavy atom. The third-order valence-electron chi connectivity index (χ3n) is 2.71. The normalized spacial score (nSPS) is 11.0. The molecule has 2 aromatic rings. The lowest BCUT2D eigenvalue weighted by Gasteiger charge is -2.13. The highest BCUT2D eigenvalue weighted by Gasteiger charge is 2.20. The summed E-state index contributed by atoms with van der Waals surface area (Å²) in [7, 11) is -0.635. The van der Waals surface area contributed by atoms with E-state index in [2.05, 4.69) is 31.0 Å². The van der Waals surface area contributed by atoms with Crippen LogP contribution in [0.1, 0.15) is 0 Å². The molecule has 0 aliphatic carbocycles. The average molecular weight is 372 g/mol. The number of nitrogens with one attached hydrogen (secondary N) is 2. The fourth-order valence-corrected chi connectivity index (χ4v) is 3.42. The fourth-order valence-electron chi connectivity index (χ4n) is 1.70. The zero-order valence-electron chi connectivity index (χ0n) is 11.4. The molecule has 6 nitrogen and oxygen atoms in total. The van der Waals surface area contributed by atoms with Crippen molar-refractivity contribution in [3.63, 3.8) is 0 Å². The Morgan fingerprint density at radius 1 is 1.29 bits per heavy atom. The van der Waals surface area contributed by atoms with Crippen LogP contribution < -0.4 is 14.8 Å². The maximum Gasteiger partial charge on any atom is 0.265 e. The summed E-state index contributed by atoms with van der Waals surface area (Å²) in [5.41, 5.74) is 0.389. The molecule has 2 N–H and O–H groups in total. The van der Waals surface area contributed by atoms with Crippen LogP contribution >= 0.6 is 15.9 Å². The Labute approximate surface area is 131 Å². The molecule has 0 aliphatic heterocycles. The van der Waals surface area contributed by atoms with Crippen molar-refractivity contribution in [2.24, 2.45) is 0 Å². The maximum absolute atomic E-state index is 12.5. The van der Waals surface area contributed by atoms with Gasteiger partial charge >= 0.3 is 0 Å². The number of hydrogen-bond acceptors (Lipinski definition) is 5. The van der Waals surface area contributed by atoms with Gasteiger partial charge in [-0.3, -0.25) is 4.72 Å². The van der Waals surface area contributed by atoms with E-state index in [-0.39, 0.29) is 10.7 Å². The van der Waals surface area contributed by atoms with E-state index in [0.29, 0.717) is 15.9 Å². The number of aromatic nitrogens is 1. The van der Waals surface area contributed by atoms with Crippen LogP contribution in [-0.2, 0) is 10.0 Å². The molecule has 2 rings (SSSR count). The molecule has 0 radical (unpaired) electrons. The van der Waals surface area contributed by atoms with E-state index in [1.165, 1.54) is 19.4 Å². The number of rotatable bonds is 5. The summed E-state index contributed by atoms with van der Waals surface area (Å²) >= 11 is 3.31. The largest absolute Gasteiger partial charge is 0.497 e. The summed E-state index contributed by atoms with van der Waals surface area (Å²) in [5.74, 6) is 0.833. The standard InChI is InChI=1S/C13H14BrN3O3S/c1-15-13-12(4-3-7-16-13)21(18,19)17-11-8-9(20-2)5-6-10(11)14/h3-8,17H,1-2H3,(H,15,16). The van der Waals surface area contributed by atoms with E-state index in [1.54, 1.807) is 31.3 Å². The van der Waals surface area contributed by atoms with Crippen molar-refractivity contribution < 1.29 is 13.2 Å². The second kappa shape index (κ2) is 6.31. The second-order valence-corrected chi connectivity index (χ2v) is 6.56. The number of anilines is 2. The first kappa shape index (κ1) is 15.6. The van der Waals surface area contributed by atoms with Crippen molar-refractivity contribution in [1.82, 2.24) is 4.98 Å². The van der Waals surface area contributed by atoms with Crippen LogP contribution in [0.5, 0.6) is 5.75 Å². The molecule has 1 aromatic carbocycles. The molecule has 21 heavy (non-hydrogen) atoms. The van der Waals surface area contributed by atoms with Crippen LogP contribution in [0.3, 0.4) is 0 Å². The van der Waals surface area contributed by atoms with Crippen LogP contribution in [0, 0.1) is 0 Å². The molecule has 0 aliphatic rings. The van der Waals surface area contributed by atoms with Gasteiger partial charge in [-0.2, -0.15) is 0 Å². The van der Waals surface area contributed by atoms with Gasteiger partial charge in [0.1, 0.15) is 16.5 Å². The SMILES string of the molecule is CNc1ncccc1S(=O)(=O)Nc1cc(OC)ccc1Br. The number of benzene rings is 1. The topological polar surface area (TPSA) is 80.3 Å². The van der Waals surface area contributed by atoms with Crippen LogP contribution in [0.25, 0.3) is 0 Å². The van der Waals surface area contributed by atoms with E-state index in [9.17, 15) is 8.42 Å². The smallest absolute Gasteiger partial charge is 0.265 e. The summed E-state index contributed by atoms with van der Waals surface area (Å²) < 4.78 is 33.2. The van der Waals surface area contributed by atoms with E-state index < -0.39 is 10.0 Å². The van der Waals surface area contributed by atoms with Crippen LogP contribution in [0.15, 0.2) is 45.9 Å². The highest BCUT2D eigenvalue weighted by Crippen LogP contribution is 2.30. The van der Waals surface area contributed by atoms with Crippen molar-refractivity contribution >= 4 is 37.5 Å².